The Morgan fingerprint density at radius 1 is 1.33 bits per heavy atom. The van der Waals surface area contributed by atoms with E-state index in [1.54, 1.807) is 0 Å². The third-order valence-electron chi connectivity index (χ3n) is 2.55. The zero-order chi connectivity index (χ0) is 10.7. The van der Waals surface area contributed by atoms with Gasteiger partial charge in [-0.1, -0.05) is 18.2 Å². The summed E-state index contributed by atoms with van der Waals surface area (Å²) in [4.78, 5) is 2.18. The highest BCUT2D eigenvalue weighted by atomic mass is 16.5. The van der Waals surface area contributed by atoms with Crippen LogP contribution in [-0.2, 0) is 0 Å². The van der Waals surface area contributed by atoms with Crippen molar-refractivity contribution in [1.82, 2.24) is 4.90 Å². The summed E-state index contributed by atoms with van der Waals surface area (Å²) in [5.74, 6) is 0.907. The molecule has 0 amide bonds. The first-order chi connectivity index (χ1) is 7.16. The molecule has 0 radical (unpaired) electrons. The minimum absolute atomic E-state index is 0.479. The van der Waals surface area contributed by atoms with Crippen LogP contribution in [0.2, 0.25) is 0 Å². The third-order valence-corrected chi connectivity index (χ3v) is 2.55. The molecule has 15 heavy (non-hydrogen) atoms. The highest BCUT2D eigenvalue weighted by molar-refractivity contribution is 5.20. The second-order valence-electron chi connectivity index (χ2n) is 4.37. The summed E-state index contributed by atoms with van der Waals surface area (Å²) < 4.78 is 5.56. The van der Waals surface area contributed by atoms with E-state index >= 15 is 0 Å². The maximum absolute atomic E-state index is 9.52. The largest absolute Gasteiger partial charge is 0.492 e. The van der Waals surface area contributed by atoms with Crippen LogP contribution in [0.25, 0.3) is 0 Å². The first kappa shape index (κ1) is 10.5. The highest BCUT2D eigenvalue weighted by Crippen LogP contribution is 2.19. The van der Waals surface area contributed by atoms with Crippen LogP contribution in [-0.4, -0.2) is 41.8 Å². The van der Waals surface area contributed by atoms with E-state index < -0.39 is 5.60 Å². The van der Waals surface area contributed by atoms with Crippen LogP contribution in [0, 0.1) is 0 Å². The Bertz CT molecular complexity index is 303. The zero-order valence-corrected chi connectivity index (χ0v) is 9.02. The summed E-state index contributed by atoms with van der Waals surface area (Å²) in [6, 6.07) is 9.80. The van der Waals surface area contributed by atoms with Crippen molar-refractivity contribution in [3.63, 3.8) is 0 Å². The molecule has 1 aromatic rings. The van der Waals surface area contributed by atoms with Crippen molar-refractivity contribution in [2.45, 2.75) is 12.5 Å². The van der Waals surface area contributed by atoms with Gasteiger partial charge in [0.25, 0.3) is 0 Å². The second-order valence-corrected chi connectivity index (χ2v) is 4.37. The van der Waals surface area contributed by atoms with E-state index in [-0.39, 0.29) is 0 Å². The fourth-order valence-corrected chi connectivity index (χ4v) is 1.88. The summed E-state index contributed by atoms with van der Waals surface area (Å²) in [5.41, 5.74) is -0.479. The van der Waals surface area contributed by atoms with Gasteiger partial charge in [-0.25, -0.2) is 0 Å². The van der Waals surface area contributed by atoms with Gasteiger partial charge in [0.2, 0.25) is 0 Å². The molecule has 2 rings (SSSR count). The maximum atomic E-state index is 9.52. The number of β-amino-alcohol motifs (C(OH)–C–C–N with tert-alkyl or cyclic N) is 1. The Morgan fingerprint density at radius 3 is 2.60 bits per heavy atom. The molecule has 82 valence electrons. The van der Waals surface area contributed by atoms with Crippen molar-refractivity contribution >= 4 is 0 Å². The van der Waals surface area contributed by atoms with E-state index in [1.807, 2.05) is 37.3 Å². The van der Waals surface area contributed by atoms with Crippen molar-refractivity contribution in [3.8, 4) is 5.75 Å². The monoisotopic (exact) mass is 207 g/mol. The van der Waals surface area contributed by atoms with Gasteiger partial charge in [-0.3, -0.25) is 4.90 Å². The Labute approximate surface area is 90.3 Å². The molecule has 1 aromatic carbocycles. The average molecular weight is 207 g/mol. The quantitative estimate of drug-likeness (QED) is 0.803. The highest BCUT2D eigenvalue weighted by Gasteiger charge is 2.35. The second kappa shape index (κ2) is 4.21. The van der Waals surface area contributed by atoms with E-state index in [9.17, 15) is 5.11 Å². The number of ether oxygens (including phenoxy) is 1. The summed E-state index contributed by atoms with van der Waals surface area (Å²) in [7, 11) is 0. The lowest BCUT2D eigenvalue weighted by Crippen LogP contribution is -2.60. The summed E-state index contributed by atoms with van der Waals surface area (Å²) in [6.07, 6.45) is 0. The predicted octanol–water partition coefficient (Wildman–Crippen LogP) is 1.13. The Morgan fingerprint density at radius 2 is 2.00 bits per heavy atom. The van der Waals surface area contributed by atoms with E-state index in [0.29, 0.717) is 6.61 Å². The lowest BCUT2D eigenvalue weighted by molar-refractivity contribution is -0.0859. The summed E-state index contributed by atoms with van der Waals surface area (Å²) in [5, 5.41) is 9.52. The Balaban J connectivity index is 1.64. The van der Waals surface area contributed by atoms with E-state index in [0.717, 1.165) is 25.4 Å². The fraction of sp³-hybridized carbons (Fsp3) is 0.500. The van der Waals surface area contributed by atoms with Crippen LogP contribution < -0.4 is 4.74 Å². The molecule has 3 nitrogen and oxygen atoms in total. The van der Waals surface area contributed by atoms with Crippen LogP contribution in [0.3, 0.4) is 0 Å². The van der Waals surface area contributed by atoms with Gasteiger partial charge in [-0.2, -0.15) is 0 Å². The van der Waals surface area contributed by atoms with E-state index in [4.69, 9.17) is 4.74 Å². The van der Waals surface area contributed by atoms with Gasteiger partial charge in [0, 0.05) is 19.6 Å². The van der Waals surface area contributed by atoms with Crippen molar-refractivity contribution in [3.05, 3.63) is 30.3 Å². The van der Waals surface area contributed by atoms with Crippen LogP contribution in [0.5, 0.6) is 5.75 Å². The molecule has 1 saturated heterocycles. The summed E-state index contributed by atoms with van der Waals surface area (Å²) >= 11 is 0. The molecule has 1 heterocycles. The Hall–Kier alpha value is -1.06. The van der Waals surface area contributed by atoms with Crippen LogP contribution in [0.4, 0.5) is 0 Å². The smallest absolute Gasteiger partial charge is 0.119 e. The van der Waals surface area contributed by atoms with Gasteiger partial charge in [0.1, 0.15) is 12.4 Å². The lowest BCUT2D eigenvalue weighted by atomic mass is 9.97. The molecule has 1 fully saturated rings. The Kier molecular flexibility index (Phi) is 2.93. The number of hydrogen-bond acceptors (Lipinski definition) is 3. The molecule has 0 aliphatic carbocycles. The number of nitrogens with zero attached hydrogens (tertiary/aromatic N) is 1. The van der Waals surface area contributed by atoms with Gasteiger partial charge in [0.15, 0.2) is 0 Å². The van der Waals surface area contributed by atoms with Gasteiger partial charge in [-0.15, -0.1) is 0 Å². The van der Waals surface area contributed by atoms with Gasteiger partial charge < -0.3 is 9.84 Å². The molecule has 1 aliphatic heterocycles. The van der Waals surface area contributed by atoms with Crippen molar-refractivity contribution in [2.75, 3.05) is 26.2 Å². The minimum Gasteiger partial charge on any atom is -0.492 e. The topological polar surface area (TPSA) is 32.7 Å². The SMILES string of the molecule is CC1(O)CN(CCOc2ccccc2)C1. The number of hydrogen-bond donors (Lipinski definition) is 1. The molecule has 0 atom stereocenters. The predicted molar refractivity (Wildman–Crippen MR) is 59.0 cm³/mol. The number of para-hydroxylation sites is 1. The molecule has 1 aliphatic rings. The van der Waals surface area contributed by atoms with Crippen molar-refractivity contribution in [2.24, 2.45) is 0 Å². The van der Waals surface area contributed by atoms with E-state index in [1.165, 1.54) is 0 Å². The van der Waals surface area contributed by atoms with Crippen LogP contribution >= 0.6 is 0 Å². The van der Waals surface area contributed by atoms with Crippen molar-refractivity contribution in [1.29, 1.82) is 0 Å². The van der Waals surface area contributed by atoms with Crippen LogP contribution in [0.15, 0.2) is 30.3 Å². The lowest BCUT2D eigenvalue weighted by Gasteiger charge is -2.44. The molecule has 0 bridgehead atoms. The minimum atomic E-state index is -0.479. The molecule has 0 spiro atoms. The number of likely N-dealkylation sites (tertiary alicyclic amines) is 1. The zero-order valence-electron chi connectivity index (χ0n) is 9.02. The molecular weight excluding hydrogens is 190 g/mol. The molecule has 0 unspecified atom stereocenters. The van der Waals surface area contributed by atoms with Crippen LogP contribution in [0.1, 0.15) is 6.92 Å². The summed E-state index contributed by atoms with van der Waals surface area (Å²) in [6.45, 7) is 4.93. The first-order valence-electron chi connectivity index (χ1n) is 5.28. The molecule has 0 saturated carbocycles. The number of benzene rings is 1. The standard InChI is InChI=1S/C12H17NO2/c1-12(14)9-13(10-12)7-8-15-11-5-3-2-4-6-11/h2-6,14H,7-10H2,1H3. The van der Waals surface area contributed by atoms with E-state index in [2.05, 4.69) is 4.90 Å². The first-order valence-corrected chi connectivity index (χ1v) is 5.28. The van der Waals surface area contributed by atoms with Gasteiger partial charge >= 0.3 is 0 Å². The van der Waals surface area contributed by atoms with Gasteiger partial charge in [0.05, 0.1) is 5.60 Å². The third kappa shape index (κ3) is 2.94. The average Bonchev–Trinajstić information content (AvgIpc) is 2.16. The normalized spacial score (nSPS) is 19.6. The molecule has 1 N–H and O–H groups in total. The maximum Gasteiger partial charge on any atom is 0.119 e. The number of rotatable bonds is 4. The molecular formula is C12H17NO2. The van der Waals surface area contributed by atoms with Gasteiger partial charge in [-0.05, 0) is 19.1 Å². The molecule has 3 heteroatoms. The number of aliphatic hydroxyl groups is 1. The van der Waals surface area contributed by atoms with Crippen molar-refractivity contribution < 1.29 is 9.84 Å². The fourth-order valence-electron chi connectivity index (χ4n) is 1.88. The molecule has 0 aromatic heterocycles.